The normalized spacial score (nSPS) is 22.7. The lowest BCUT2D eigenvalue weighted by Crippen LogP contribution is -2.46. The molecular weight excluding hydrogens is 208 g/mol. The monoisotopic (exact) mass is 230 g/mol. The summed E-state index contributed by atoms with van der Waals surface area (Å²) in [7, 11) is 1.74. The molecule has 88 valence electrons. The maximum atomic E-state index is 5.00. The average molecular weight is 230 g/mol. The van der Waals surface area contributed by atoms with Crippen LogP contribution in [0, 0.1) is 0 Å². The first kappa shape index (κ1) is 12.8. The zero-order valence-corrected chi connectivity index (χ0v) is 10.8. The van der Waals surface area contributed by atoms with Gasteiger partial charge in [0, 0.05) is 31.6 Å². The zero-order chi connectivity index (χ0) is 11.1. The Morgan fingerprint density at radius 3 is 2.93 bits per heavy atom. The van der Waals surface area contributed by atoms with E-state index in [1.807, 2.05) is 11.8 Å². The third-order valence-electron chi connectivity index (χ3n) is 2.42. The van der Waals surface area contributed by atoms with Crippen LogP contribution in [0.4, 0.5) is 0 Å². The van der Waals surface area contributed by atoms with Gasteiger partial charge in [0.2, 0.25) is 0 Å². The Hall–Kier alpha value is -0.220. The molecule has 0 bridgehead atoms. The number of hydrogen-bond acceptors (Lipinski definition) is 3. The highest BCUT2D eigenvalue weighted by molar-refractivity contribution is 8.13. The third kappa shape index (κ3) is 5.42. The summed E-state index contributed by atoms with van der Waals surface area (Å²) < 4.78 is 5.00. The van der Waals surface area contributed by atoms with Crippen molar-refractivity contribution in [2.45, 2.75) is 38.6 Å². The lowest BCUT2D eigenvalue weighted by molar-refractivity contribution is 0.193. The number of nitrogens with zero attached hydrogens (tertiary/aromatic N) is 1. The second-order valence-electron chi connectivity index (χ2n) is 4.49. The second kappa shape index (κ2) is 6.38. The summed E-state index contributed by atoms with van der Waals surface area (Å²) in [5.74, 6) is 1.18. The van der Waals surface area contributed by atoms with E-state index in [4.69, 9.17) is 4.74 Å². The van der Waals surface area contributed by atoms with Gasteiger partial charge in [-0.25, -0.2) is 0 Å². The van der Waals surface area contributed by atoms with Crippen molar-refractivity contribution in [1.82, 2.24) is 5.32 Å². The van der Waals surface area contributed by atoms with Crippen molar-refractivity contribution < 1.29 is 4.74 Å². The highest BCUT2D eigenvalue weighted by atomic mass is 32.2. The Kier molecular flexibility index (Phi) is 5.47. The van der Waals surface area contributed by atoms with Crippen LogP contribution < -0.4 is 5.32 Å². The first-order chi connectivity index (χ1) is 7.14. The summed E-state index contributed by atoms with van der Waals surface area (Å²) in [4.78, 5) is 4.56. The Morgan fingerprint density at radius 2 is 2.27 bits per heavy atom. The Bertz CT molecular complexity index is 217. The fourth-order valence-corrected chi connectivity index (χ4v) is 2.75. The van der Waals surface area contributed by atoms with Crippen molar-refractivity contribution in [3.63, 3.8) is 0 Å². The Balaban J connectivity index is 2.21. The first-order valence-corrected chi connectivity index (χ1v) is 6.57. The summed E-state index contributed by atoms with van der Waals surface area (Å²) >= 11 is 1.84. The molecule has 15 heavy (non-hydrogen) atoms. The minimum atomic E-state index is 0.219. The van der Waals surface area contributed by atoms with E-state index in [1.54, 1.807) is 7.11 Å². The van der Waals surface area contributed by atoms with Gasteiger partial charge in [-0.05, 0) is 33.1 Å². The molecule has 0 radical (unpaired) electrons. The molecule has 0 atom stereocenters. The van der Waals surface area contributed by atoms with Crippen molar-refractivity contribution in [1.29, 1.82) is 0 Å². The first-order valence-electron chi connectivity index (χ1n) is 5.58. The number of unbranched alkanes of at least 4 members (excludes halogenated alkanes) is 1. The van der Waals surface area contributed by atoms with Crippen LogP contribution in [0.25, 0.3) is 0 Å². The fraction of sp³-hybridized carbons (Fsp3) is 0.909. The van der Waals surface area contributed by atoms with Crippen molar-refractivity contribution in [3.05, 3.63) is 0 Å². The van der Waals surface area contributed by atoms with E-state index in [9.17, 15) is 0 Å². The largest absolute Gasteiger partial charge is 0.385 e. The van der Waals surface area contributed by atoms with E-state index in [-0.39, 0.29) is 5.54 Å². The Labute approximate surface area is 97.1 Å². The van der Waals surface area contributed by atoms with Crippen LogP contribution in [0.3, 0.4) is 0 Å². The topological polar surface area (TPSA) is 33.6 Å². The van der Waals surface area contributed by atoms with Crippen molar-refractivity contribution in [2.75, 3.05) is 26.0 Å². The summed E-state index contributed by atoms with van der Waals surface area (Å²) in [5.41, 5.74) is 0.219. The maximum absolute atomic E-state index is 5.00. The Morgan fingerprint density at radius 1 is 1.47 bits per heavy atom. The van der Waals surface area contributed by atoms with Gasteiger partial charge in [0.15, 0.2) is 5.17 Å². The van der Waals surface area contributed by atoms with Gasteiger partial charge in [0.1, 0.15) is 0 Å². The molecule has 0 aliphatic carbocycles. The standard InChI is InChI=1S/C11H22N2OS/c1-11(2)6-9-15-10(13-11)12-7-4-5-8-14-3/h4-9H2,1-3H3,(H,12,13). The minimum absolute atomic E-state index is 0.219. The molecule has 1 N–H and O–H groups in total. The third-order valence-corrected chi connectivity index (χ3v) is 3.34. The number of methoxy groups -OCH3 is 1. The highest BCUT2D eigenvalue weighted by Crippen LogP contribution is 2.21. The summed E-state index contributed by atoms with van der Waals surface area (Å²) in [6.45, 7) is 6.21. The molecular formula is C11H22N2OS. The van der Waals surface area contributed by atoms with Crippen molar-refractivity contribution in [2.24, 2.45) is 4.99 Å². The lowest BCUT2D eigenvalue weighted by Gasteiger charge is -2.32. The number of aliphatic imine (C=N–C) groups is 1. The van der Waals surface area contributed by atoms with Crippen LogP contribution in [-0.4, -0.2) is 36.7 Å². The van der Waals surface area contributed by atoms with E-state index in [1.165, 1.54) is 12.2 Å². The summed E-state index contributed by atoms with van der Waals surface area (Å²) in [6, 6.07) is 0. The SMILES string of the molecule is COCCCCN=C1NC(C)(C)CCS1. The molecule has 0 aromatic heterocycles. The molecule has 1 rings (SSSR count). The molecule has 0 unspecified atom stereocenters. The van der Waals surface area contributed by atoms with E-state index in [2.05, 4.69) is 24.2 Å². The minimum Gasteiger partial charge on any atom is -0.385 e. The van der Waals surface area contributed by atoms with Gasteiger partial charge in [0.05, 0.1) is 0 Å². The quantitative estimate of drug-likeness (QED) is 0.736. The number of thioether (sulfide) groups is 1. The number of nitrogens with one attached hydrogen (secondary N) is 1. The van der Waals surface area contributed by atoms with Gasteiger partial charge in [-0.2, -0.15) is 0 Å². The highest BCUT2D eigenvalue weighted by Gasteiger charge is 2.23. The second-order valence-corrected chi connectivity index (χ2v) is 5.58. The molecule has 0 aromatic carbocycles. The number of rotatable bonds is 5. The number of amidine groups is 1. The van der Waals surface area contributed by atoms with E-state index < -0.39 is 0 Å². The predicted molar refractivity (Wildman–Crippen MR) is 67.7 cm³/mol. The zero-order valence-electron chi connectivity index (χ0n) is 10.0. The van der Waals surface area contributed by atoms with E-state index >= 15 is 0 Å². The summed E-state index contributed by atoms with van der Waals surface area (Å²) in [5, 5.41) is 4.58. The molecule has 0 spiro atoms. The molecule has 0 aromatic rings. The van der Waals surface area contributed by atoms with Crippen LogP contribution in [0.5, 0.6) is 0 Å². The van der Waals surface area contributed by atoms with Crippen molar-refractivity contribution in [3.8, 4) is 0 Å². The number of hydrogen-bond donors (Lipinski definition) is 1. The molecule has 1 aliphatic rings. The molecule has 0 amide bonds. The molecule has 3 nitrogen and oxygen atoms in total. The average Bonchev–Trinajstić information content (AvgIpc) is 2.16. The van der Waals surface area contributed by atoms with Crippen LogP contribution in [0.15, 0.2) is 4.99 Å². The van der Waals surface area contributed by atoms with Gasteiger partial charge < -0.3 is 10.1 Å². The lowest BCUT2D eigenvalue weighted by atomic mass is 10.0. The van der Waals surface area contributed by atoms with E-state index in [0.29, 0.717) is 0 Å². The van der Waals surface area contributed by atoms with Gasteiger partial charge in [-0.15, -0.1) is 0 Å². The molecule has 1 heterocycles. The number of ether oxygens (including phenoxy) is 1. The summed E-state index contributed by atoms with van der Waals surface area (Å²) in [6.07, 6.45) is 3.42. The van der Waals surface area contributed by atoms with Gasteiger partial charge in [0.25, 0.3) is 0 Å². The van der Waals surface area contributed by atoms with Crippen LogP contribution in [0.1, 0.15) is 33.1 Å². The predicted octanol–water partition coefficient (Wildman–Crippen LogP) is 2.27. The van der Waals surface area contributed by atoms with Gasteiger partial charge in [-0.1, -0.05) is 11.8 Å². The van der Waals surface area contributed by atoms with Gasteiger partial charge >= 0.3 is 0 Å². The van der Waals surface area contributed by atoms with Crippen LogP contribution in [-0.2, 0) is 4.74 Å². The van der Waals surface area contributed by atoms with Crippen molar-refractivity contribution >= 4 is 16.9 Å². The molecule has 1 fully saturated rings. The molecule has 1 aliphatic heterocycles. The molecule has 1 saturated heterocycles. The van der Waals surface area contributed by atoms with E-state index in [0.717, 1.165) is 31.2 Å². The molecule has 0 saturated carbocycles. The molecule has 4 heteroatoms. The van der Waals surface area contributed by atoms with Crippen LogP contribution in [0.2, 0.25) is 0 Å². The smallest absolute Gasteiger partial charge is 0.156 e. The van der Waals surface area contributed by atoms with Crippen LogP contribution >= 0.6 is 11.8 Å². The maximum Gasteiger partial charge on any atom is 0.156 e. The van der Waals surface area contributed by atoms with Gasteiger partial charge in [-0.3, -0.25) is 4.99 Å². The fourth-order valence-electron chi connectivity index (χ4n) is 1.41.